The Morgan fingerprint density at radius 3 is 2.77 bits per heavy atom. The normalized spacial score (nSPS) is 11.3. The molecule has 0 bridgehead atoms. The molecule has 0 atom stereocenters. The number of hydrogen-bond acceptors (Lipinski definition) is 3. The first-order valence-electron chi connectivity index (χ1n) is 6.38. The van der Waals surface area contributed by atoms with Crippen molar-refractivity contribution in [3.05, 3.63) is 51.5 Å². The molecule has 0 fully saturated rings. The zero-order valence-corrected chi connectivity index (χ0v) is 14.3. The lowest BCUT2D eigenvalue weighted by molar-refractivity contribution is -0.131. The molecule has 4 nitrogen and oxygen atoms in total. The van der Waals surface area contributed by atoms with Gasteiger partial charge in [-0.2, -0.15) is 0 Å². The topological polar surface area (TPSA) is 55.1 Å². The predicted molar refractivity (Wildman–Crippen MR) is 91.0 cm³/mol. The molecule has 0 saturated heterocycles. The number of carbonyl (C=O) groups is 1. The van der Waals surface area contributed by atoms with Crippen LogP contribution >= 0.6 is 35.0 Å². The van der Waals surface area contributed by atoms with Crippen LogP contribution in [0.15, 0.2) is 29.2 Å². The molecule has 1 aromatic heterocycles. The van der Waals surface area contributed by atoms with Gasteiger partial charge in [-0.1, -0.05) is 29.3 Å². The first-order valence-corrected chi connectivity index (χ1v) is 8.36. The van der Waals surface area contributed by atoms with Crippen molar-refractivity contribution in [2.24, 2.45) is 0 Å². The van der Waals surface area contributed by atoms with Gasteiger partial charge in [0, 0.05) is 16.0 Å². The third kappa shape index (κ3) is 3.85. The van der Waals surface area contributed by atoms with Gasteiger partial charge in [0.1, 0.15) is 5.82 Å². The average molecular weight is 357 g/mol. The van der Waals surface area contributed by atoms with E-state index in [2.05, 4.69) is 4.98 Å². The molecule has 7 heteroatoms. The number of benzene rings is 1. The van der Waals surface area contributed by atoms with E-state index in [1.165, 1.54) is 6.08 Å². The summed E-state index contributed by atoms with van der Waals surface area (Å²) < 4.78 is 1.84. The van der Waals surface area contributed by atoms with Gasteiger partial charge in [0.2, 0.25) is 0 Å². The number of aliphatic carboxylic acids is 1. The number of thioether (sulfide) groups is 1. The molecule has 0 aliphatic carbocycles. The zero-order chi connectivity index (χ0) is 16.3. The molecule has 0 spiro atoms. The fourth-order valence-electron chi connectivity index (χ4n) is 2.01. The van der Waals surface area contributed by atoms with Crippen molar-refractivity contribution in [2.45, 2.75) is 18.4 Å². The van der Waals surface area contributed by atoms with Crippen molar-refractivity contribution in [2.75, 3.05) is 6.26 Å². The Morgan fingerprint density at radius 1 is 1.45 bits per heavy atom. The summed E-state index contributed by atoms with van der Waals surface area (Å²) >= 11 is 14.0. The van der Waals surface area contributed by atoms with Crippen molar-refractivity contribution in [3.63, 3.8) is 0 Å². The van der Waals surface area contributed by atoms with Crippen LogP contribution in [0.3, 0.4) is 0 Å². The minimum atomic E-state index is -1.04. The maximum Gasteiger partial charge on any atom is 0.328 e. The molecule has 0 aliphatic heterocycles. The van der Waals surface area contributed by atoms with Crippen LogP contribution in [-0.4, -0.2) is 26.9 Å². The minimum Gasteiger partial charge on any atom is -0.478 e. The summed E-state index contributed by atoms with van der Waals surface area (Å²) in [5, 5.41) is 9.70. The van der Waals surface area contributed by atoms with Gasteiger partial charge in [0.05, 0.1) is 12.2 Å². The number of nitrogens with zero attached hydrogens (tertiary/aromatic N) is 2. The molecule has 0 aliphatic rings. The van der Waals surface area contributed by atoms with Crippen LogP contribution in [0, 0.1) is 6.92 Å². The molecule has 2 rings (SSSR count). The maximum atomic E-state index is 10.7. The van der Waals surface area contributed by atoms with E-state index in [0.29, 0.717) is 23.1 Å². The van der Waals surface area contributed by atoms with Crippen LogP contribution in [-0.2, 0) is 11.3 Å². The standard InChI is InChI=1S/C15H14Cl2N2O2S/c1-9-18-15(17)13(5-6-14(20)21)19(9)8-10-3-4-11(22-2)7-12(10)16/h3-7H,8H2,1-2H3,(H,20,21). The second kappa shape index (κ2) is 7.22. The van der Waals surface area contributed by atoms with E-state index in [0.717, 1.165) is 16.5 Å². The van der Waals surface area contributed by atoms with Crippen molar-refractivity contribution in [1.82, 2.24) is 9.55 Å². The lowest BCUT2D eigenvalue weighted by atomic mass is 10.2. The highest BCUT2D eigenvalue weighted by Gasteiger charge is 2.13. The summed E-state index contributed by atoms with van der Waals surface area (Å²) in [6, 6.07) is 5.85. The Morgan fingerprint density at radius 2 is 2.18 bits per heavy atom. The van der Waals surface area contributed by atoms with Gasteiger partial charge < -0.3 is 9.67 Å². The number of rotatable bonds is 5. The monoisotopic (exact) mass is 356 g/mol. The second-order valence-corrected chi connectivity index (χ2v) is 6.19. The number of aryl methyl sites for hydroxylation is 1. The summed E-state index contributed by atoms with van der Waals surface area (Å²) in [4.78, 5) is 16.0. The number of aromatic nitrogens is 2. The van der Waals surface area contributed by atoms with Crippen molar-refractivity contribution in [3.8, 4) is 0 Å². The van der Waals surface area contributed by atoms with Gasteiger partial charge in [-0.15, -0.1) is 11.8 Å². The van der Waals surface area contributed by atoms with Crippen LogP contribution in [0.25, 0.3) is 6.08 Å². The fraction of sp³-hybridized carbons (Fsp3) is 0.200. The summed E-state index contributed by atoms with van der Waals surface area (Å²) in [5.74, 6) is -0.344. The Bertz CT molecular complexity index is 741. The van der Waals surface area contributed by atoms with E-state index in [4.69, 9.17) is 28.3 Å². The van der Waals surface area contributed by atoms with Gasteiger partial charge in [-0.05, 0) is 37.0 Å². The van der Waals surface area contributed by atoms with E-state index >= 15 is 0 Å². The number of halogens is 2. The van der Waals surface area contributed by atoms with Crippen LogP contribution in [0.2, 0.25) is 10.2 Å². The molecule has 2 aromatic rings. The van der Waals surface area contributed by atoms with Gasteiger partial charge in [-0.25, -0.2) is 9.78 Å². The van der Waals surface area contributed by atoms with E-state index in [9.17, 15) is 4.79 Å². The molecule has 0 radical (unpaired) electrons. The fourth-order valence-corrected chi connectivity index (χ4v) is 3.04. The lowest BCUT2D eigenvalue weighted by Gasteiger charge is -2.11. The van der Waals surface area contributed by atoms with Crippen LogP contribution in [0.4, 0.5) is 0 Å². The number of imidazole rings is 1. The lowest BCUT2D eigenvalue weighted by Crippen LogP contribution is -2.05. The third-order valence-corrected chi connectivity index (χ3v) is 4.48. The molecule has 1 heterocycles. The molecule has 0 amide bonds. The van der Waals surface area contributed by atoms with Gasteiger partial charge in [0.25, 0.3) is 0 Å². The second-order valence-electron chi connectivity index (χ2n) is 4.55. The third-order valence-electron chi connectivity index (χ3n) is 3.13. The Balaban J connectivity index is 2.39. The van der Waals surface area contributed by atoms with Crippen molar-refractivity contribution < 1.29 is 9.90 Å². The Labute approximate surface area is 142 Å². The van der Waals surface area contributed by atoms with E-state index in [-0.39, 0.29) is 5.15 Å². The summed E-state index contributed by atoms with van der Waals surface area (Å²) in [7, 11) is 0. The molecule has 116 valence electrons. The Kier molecular flexibility index (Phi) is 5.56. The van der Waals surface area contributed by atoms with Crippen molar-refractivity contribution >= 4 is 47.0 Å². The van der Waals surface area contributed by atoms with Crippen LogP contribution in [0.5, 0.6) is 0 Å². The number of carboxylic acids is 1. The predicted octanol–water partition coefficient (Wildman–Crippen LogP) is 4.37. The van der Waals surface area contributed by atoms with Gasteiger partial charge in [-0.3, -0.25) is 0 Å². The first kappa shape index (κ1) is 16.9. The van der Waals surface area contributed by atoms with Crippen LogP contribution in [0.1, 0.15) is 17.1 Å². The SMILES string of the molecule is CSc1ccc(Cn2c(C)nc(Cl)c2C=CC(=O)O)c(Cl)c1. The molecular formula is C15H14Cl2N2O2S. The first-order chi connectivity index (χ1) is 10.4. The van der Waals surface area contributed by atoms with Gasteiger partial charge in [0.15, 0.2) is 5.15 Å². The zero-order valence-electron chi connectivity index (χ0n) is 12.0. The average Bonchev–Trinajstić information content (AvgIpc) is 2.72. The molecule has 0 unspecified atom stereocenters. The number of hydrogen-bond donors (Lipinski definition) is 1. The maximum absolute atomic E-state index is 10.7. The van der Waals surface area contributed by atoms with E-state index in [1.807, 2.05) is 35.9 Å². The number of carboxylic acid groups (broad SMARTS) is 1. The molecule has 1 N–H and O–H groups in total. The van der Waals surface area contributed by atoms with Crippen molar-refractivity contribution in [1.29, 1.82) is 0 Å². The minimum absolute atomic E-state index is 0.270. The molecule has 0 saturated carbocycles. The smallest absolute Gasteiger partial charge is 0.328 e. The quantitative estimate of drug-likeness (QED) is 0.638. The largest absolute Gasteiger partial charge is 0.478 e. The Hall–Kier alpha value is -1.43. The van der Waals surface area contributed by atoms with Crippen LogP contribution < -0.4 is 0 Å². The highest BCUT2D eigenvalue weighted by Crippen LogP contribution is 2.26. The summed E-state index contributed by atoms with van der Waals surface area (Å²) in [5.41, 5.74) is 1.47. The molecular weight excluding hydrogens is 343 g/mol. The highest BCUT2D eigenvalue weighted by atomic mass is 35.5. The summed E-state index contributed by atoms with van der Waals surface area (Å²) in [6.45, 7) is 2.28. The molecule has 22 heavy (non-hydrogen) atoms. The van der Waals surface area contributed by atoms with E-state index < -0.39 is 5.97 Å². The van der Waals surface area contributed by atoms with E-state index in [1.54, 1.807) is 11.8 Å². The summed E-state index contributed by atoms with van der Waals surface area (Å²) in [6.07, 6.45) is 4.46. The molecule has 1 aromatic carbocycles. The highest BCUT2D eigenvalue weighted by molar-refractivity contribution is 7.98. The van der Waals surface area contributed by atoms with Gasteiger partial charge >= 0.3 is 5.97 Å².